The van der Waals surface area contributed by atoms with E-state index in [1.54, 1.807) is 6.92 Å². The molecule has 25 heavy (non-hydrogen) atoms. The third kappa shape index (κ3) is 4.36. The van der Waals surface area contributed by atoms with Crippen molar-refractivity contribution in [2.45, 2.75) is 50.4 Å². The van der Waals surface area contributed by atoms with Crippen LogP contribution in [0.3, 0.4) is 0 Å². The first-order chi connectivity index (χ1) is 12.0. The summed E-state index contributed by atoms with van der Waals surface area (Å²) in [5.74, 6) is -0.383. The third-order valence-electron chi connectivity index (χ3n) is 4.21. The molecule has 2 heterocycles. The summed E-state index contributed by atoms with van der Waals surface area (Å²) in [6.45, 7) is 2.55. The number of hydrogen-bond acceptors (Lipinski definition) is 4. The number of nitrogens with zero attached hydrogens (tertiary/aromatic N) is 3. The number of halogens is 2. The molecule has 1 amide bonds. The van der Waals surface area contributed by atoms with E-state index in [0.29, 0.717) is 0 Å². The molecule has 0 fully saturated rings. The monoisotopic (exact) mass is 366 g/mol. The van der Waals surface area contributed by atoms with Gasteiger partial charge in [0.15, 0.2) is 5.16 Å². The maximum absolute atomic E-state index is 13.8. The summed E-state index contributed by atoms with van der Waals surface area (Å²) < 4.78 is 28.8. The number of aromatic nitrogens is 3. The lowest BCUT2D eigenvalue weighted by molar-refractivity contribution is -0.119. The van der Waals surface area contributed by atoms with Gasteiger partial charge in [0.1, 0.15) is 17.5 Å². The van der Waals surface area contributed by atoms with Crippen LogP contribution in [0.15, 0.2) is 23.4 Å². The van der Waals surface area contributed by atoms with Gasteiger partial charge < -0.3 is 9.88 Å². The second kappa shape index (κ2) is 7.95. The number of carbonyl (C=O) groups is 1. The molecule has 0 aliphatic carbocycles. The zero-order chi connectivity index (χ0) is 17.8. The Morgan fingerprint density at radius 3 is 2.96 bits per heavy atom. The number of amides is 1. The molecule has 8 heteroatoms. The number of thioether (sulfide) groups is 1. The highest BCUT2D eigenvalue weighted by molar-refractivity contribution is 7.99. The molecule has 0 radical (unpaired) electrons. The average Bonchev–Trinajstić information content (AvgIpc) is 2.79. The van der Waals surface area contributed by atoms with Crippen LogP contribution in [-0.2, 0) is 17.8 Å². The van der Waals surface area contributed by atoms with E-state index < -0.39 is 17.7 Å². The Morgan fingerprint density at radius 1 is 1.32 bits per heavy atom. The Hall–Kier alpha value is -1.96. The molecule has 2 aromatic rings. The van der Waals surface area contributed by atoms with Gasteiger partial charge in [-0.25, -0.2) is 8.78 Å². The van der Waals surface area contributed by atoms with Crippen molar-refractivity contribution >= 4 is 17.7 Å². The number of aryl methyl sites for hydroxylation is 1. The molecule has 134 valence electrons. The Bertz CT molecular complexity index is 765. The van der Waals surface area contributed by atoms with E-state index in [4.69, 9.17) is 0 Å². The summed E-state index contributed by atoms with van der Waals surface area (Å²) in [7, 11) is 0. The summed E-state index contributed by atoms with van der Waals surface area (Å²) in [6.07, 6.45) is 4.30. The molecule has 1 atom stereocenters. The first kappa shape index (κ1) is 17.8. The first-order valence-corrected chi connectivity index (χ1v) is 9.32. The normalized spacial score (nSPS) is 15.3. The molecule has 3 rings (SSSR count). The SMILES string of the molecule is C[C@@H](NC(=O)CSc1nnc2n1CCCCC2)c1ccc(F)cc1F. The van der Waals surface area contributed by atoms with Crippen LogP contribution in [0.25, 0.3) is 0 Å². The minimum atomic E-state index is -0.664. The largest absolute Gasteiger partial charge is 0.349 e. The second-order valence-corrected chi connectivity index (χ2v) is 7.05. The molecule has 0 saturated heterocycles. The molecule has 1 aromatic carbocycles. The van der Waals surface area contributed by atoms with E-state index in [-0.39, 0.29) is 17.2 Å². The van der Waals surface area contributed by atoms with Crippen LogP contribution >= 0.6 is 11.8 Å². The predicted molar refractivity (Wildman–Crippen MR) is 91.2 cm³/mol. The lowest BCUT2D eigenvalue weighted by Gasteiger charge is -2.15. The van der Waals surface area contributed by atoms with E-state index in [2.05, 4.69) is 20.1 Å². The van der Waals surface area contributed by atoms with Gasteiger partial charge in [-0.2, -0.15) is 0 Å². The van der Waals surface area contributed by atoms with Crippen molar-refractivity contribution in [2.75, 3.05) is 5.75 Å². The number of carbonyl (C=O) groups excluding carboxylic acids is 1. The molecule has 0 bridgehead atoms. The molecule has 1 aliphatic rings. The lowest BCUT2D eigenvalue weighted by atomic mass is 10.1. The second-order valence-electron chi connectivity index (χ2n) is 6.10. The highest BCUT2D eigenvalue weighted by Gasteiger charge is 2.18. The van der Waals surface area contributed by atoms with Gasteiger partial charge in [-0.3, -0.25) is 4.79 Å². The number of nitrogens with one attached hydrogen (secondary N) is 1. The number of benzene rings is 1. The van der Waals surface area contributed by atoms with Crippen LogP contribution in [0.1, 0.15) is 43.6 Å². The number of rotatable bonds is 5. The third-order valence-corrected chi connectivity index (χ3v) is 5.18. The molecule has 0 saturated carbocycles. The molecule has 5 nitrogen and oxygen atoms in total. The molecule has 1 aliphatic heterocycles. The Balaban J connectivity index is 1.57. The number of hydrogen-bond donors (Lipinski definition) is 1. The van der Waals surface area contributed by atoms with Gasteiger partial charge in [-0.05, 0) is 25.8 Å². The highest BCUT2D eigenvalue weighted by atomic mass is 32.2. The van der Waals surface area contributed by atoms with Gasteiger partial charge in [-0.1, -0.05) is 24.2 Å². The van der Waals surface area contributed by atoms with Gasteiger partial charge in [0.25, 0.3) is 0 Å². The van der Waals surface area contributed by atoms with Crippen molar-refractivity contribution < 1.29 is 13.6 Å². The van der Waals surface area contributed by atoms with Crippen LogP contribution in [0, 0.1) is 11.6 Å². The molecular formula is C17H20F2N4OS. The number of fused-ring (bicyclic) bond motifs is 1. The summed E-state index contributed by atoms with van der Waals surface area (Å²) in [5, 5.41) is 11.8. The molecule has 1 N–H and O–H groups in total. The van der Waals surface area contributed by atoms with Crippen molar-refractivity contribution in [3.8, 4) is 0 Å². The summed E-state index contributed by atoms with van der Waals surface area (Å²) in [6, 6.07) is 2.81. The topological polar surface area (TPSA) is 59.8 Å². The molecule has 1 aromatic heterocycles. The zero-order valence-corrected chi connectivity index (χ0v) is 14.8. The zero-order valence-electron chi connectivity index (χ0n) is 14.0. The van der Waals surface area contributed by atoms with Crippen molar-refractivity contribution in [1.82, 2.24) is 20.1 Å². The fraction of sp³-hybridized carbons (Fsp3) is 0.471. The van der Waals surface area contributed by atoms with Crippen molar-refractivity contribution in [2.24, 2.45) is 0 Å². The van der Waals surface area contributed by atoms with Crippen molar-refractivity contribution in [1.29, 1.82) is 0 Å². The standard InChI is InChI=1S/C17H20F2N4OS/c1-11(13-7-6-12(18)9-14(13)19)20-16(24)10-25-17-22-21-15-5-3-2-4-8-23(15)17/h6-7,9,11H,2-5,8,10H2,1H3,(H,20,24)/t11-/m1/s1. The maximum atomic E-state index is 13.8. The fourth-order valence-corrected chi connectivity index (χ4v) is 3.70. The summed E-state index contributed by atoms with van der Waals surface area (Å²) in [5.41, 5.74) is 0.260. The van der Waals surface area contributed by atoms with Crippen LogP contribution in [0.4, 0.5) is 8.78 Å². The van der Waals surface area contributed by atoms with Crippen LogP contribution in [0.2, 0.25) is 0 Å². The quantitative estimate of drug-likeness (QED) is 0.826. The maximum Gasteiger partial charge on any atom is 0.230 e. The van der Waals surface area contributed by atoms with E-state index in [9.17, 15) is 13.6 Å². The summed E-state index contributed by atoms with van der Waals surface area (Å²) >= 11 is 1.33. The Kier molecular flexibility index (Phi) is 5.67. The van der Waals surface area contributed by atoms with E-state index in [1.807, 2.05) is 0 Å². The van der Waals surface area contributed by atoms with Crippen molar-refractivity contribution in [3.05, 3.63) is 41.2 Å². The van der Waals surface area contributed by atoms with Crippen LogP contribution in [0.5, 0.6) is 0 Å². The molecule has 0 unspecified atom stereocenters. The predicted octanol–water partition coefficient (Wildman–Crippen LogP) is 3.25. The Labute approximate surface area is 149 Å². The first-order valence-electron chi connectivity index (χ1n) is 8.34. The van der Waals surface area contributed by atoms with Crippen LogP contribution in [-0.4, -0.2) is 26.4 Å². The van der Waals surface area contributed by atoms with Crippen molar-refractivity contribution in [3.63, 3.8) is 0 Å². The van der Waals surface area contributed by atoms with Gasteiger partial charge in [0.2, 0.25) is 5.91 Å². The minimum absolute atomic E-state index is 0.172. The van der Waals surface area contributed by atoms with Gasteiger partial charge in [-0.15, -0.1) is 10.2 Å². The van der Waals surface area contributed by atoms with E-state index in [0.717, 1.165) is 42.9 Å². The summed E-state index contributed by atoms with van der Waals surface area (Å²) in [4.78, 5) is 12.2. The highest BCUT2D eigenvalue weighted by Crippen LogP contribution is 2.22. The fourth-order valence-electron chi connectivity index (χ4n) is 2.91. The van der Waals surface area contributed by atoms with Crippen LogP contribution < -0.4 is 5.32 Å². The Morgan fingerprint density at radius 2 is 2.16 bits per heavy atom. The van der Waals surface area contributed by atoms with Gasteiger partial charge in [0, 0.05) is 24.6 Å². The molecule has 0 spiro atoms. The smallest absolute Gasteiger partial charge is 0.230 e. The van der Waals surface area contributed by atoms with E-state index >= 15 is 0 Å². The van der Waals surface area contributed by atoms with Gasteiger partial charge in [0.05, 0.1) is 11.8 Å². The van der Waals surface area contributed by atoms with E-state index in [1.165, 1.54) is 30.3 Å². The lowest BCUT2D eigenvalue weighted by Crippen LogP contribution is -2.28. The molecular weight excluding hydrogens is 346 g/mol. The average molecular weight is 366 g/mol. The van der Waals surface area contributed by atoms with Gasteiger partial charge >= 0.3 is 0 Å². The minimum Gasteiger partial charge on any atom is -0.349 e.